The van der Waals surface area contributed by atoms with Gasteiger partial charge in [-0.2, -0.15) is 0 Å². The zero-order chi connectivity index (χ0) is 11.6. The first kappa shape index (κ1) is 13.4. The number of carbonyl (C=O) groups is 1. The molecule has 0 aromatic carbocycles. The standard InChI is InChI=1S/C11H24N2O/c1-10(2,3)9(14)13(8-7-12)11(4,5)6/h7-8,12H2,1-6H3. The molecule has 0 rings (SSSR count). The maximum absolute atomic E-state index is 12.1. The fourth-order valence-electron chi connectivity index (χ4n) is 1.28. The van der Waals surface area contributed by atoms with Crippen molar-refractivity contribution < 1.29 is 4.79 Å². The molecule has 0 atom stereocenters. The topological polar surface area (TPSA) is 46.3 Å². The van der Waals surface area contributed by atoms with E-state index in [-0.39, 0.29) is 16.9 Å². The van der Waals surface area contributed by atoms with Crippen LogP contribution >= 0.6 is 0 Å². The molecular formula is C11H24N2O. The summed E-state index contributed by atoms with van der Waals surface area (Å²) >= 11 is 0. The van der Waals surface area contributed by atoms with Crippen molar-refractivity contribution in [3.05, 3.63) is 0 Å². The molecule has 0 saturated carbocycles. The molecule has 2 N–H and O–H groups in total. The molecule has 1 amide bonds. The number of carbonyl (C=O) groups excluding carboxylic acids is 1. The van der Waals surface area contributed by atoms with Crippen LogP contribution < -0.4 is 5.73 Å². The normalized spacial score (nSPS) is 12.8. The molecule has 0 unspecified atom stereocenters. The van der Waals surface area contributed by atoms with Gasteiger partial charge in [0.25, 0.3) is 0 Å². The second-order valence-electron chi connectivity index (χ2n) is 5.67. The summed E-state index contributed by atoms with van der Waals surface area (Å²) in [6, 6.07) is 0. The van der Waals surface area contributed by atoms with Gasteiger partial charge < -0.3 is 10.6 Å². The number of rotatable bonds is 2. The van der Waals surface area contributed by atoms with E-state index in [4.69, 9.17) is 5.73 Å². The molecule has 0 aromatic heterocycles. The number of nitrogens with two attached hydrogens (primary N) is 1. The van der Waals surface area contributed by atoms with Crippen LogP contribution in [0.25, 0.3) is 0 Å². The van der Waals surface area contributed by atoms with E-state index in [1.165, 1.54) is 0 Å². The highest BCUT2D eigenvalue weighted by Crippen LogP contribution is 2.23. The Hall–Kier alpha value is -0.570. The van der Waals surface area contributed by atoms with Crippen molar-refractivity contribution in [1.82, 2.24) is 4.90 Å². The third kappa shape index (κ3) is 3.66. The van der Waals surface area contributed by atoms with Crippen molar-refractivity contribution in [2.24, 2.45) is 11.1 Å². The Bertz CT molecular complexity index is 198. The molecule has 84 valence electrons. The van der Waals surface area contributed by atoms with Gasteiger partial charge in [-0.3, -0.25) is 4.79 Å². The maximum Gasteiger partial charge on any atom is 0.228 e. The summed E-state index contributed by atoms with van der Waals surface area (Å²) in [6.07, 6.45) is 0. The monoisotopic (exact) mass is 200 g/mol. The van der Waals surface area contributed by atoms with Crippen LogP contribution in [-0.2, 0) is 4.79 Å². The largest absolute Gasteiger partial charge is 0.336 e. The molecule has 0 bridgehead atoms. The van der Waals surface area contributed by atoms with Crippen LogP contribution in [0, 0.1) is 5.41 Å². The first-order valence-corrected chi connectivity index (χ1v) is 5.13. The van der Waals surface area contributed by atoms with Gasteiger partial charge in [0, 0.05) is 24.0 Å². The van der Waals surface area contributed by atoms with Crippen molar-refractivity contribution >= 4 is 5.91 Å². The van der Waals surface area contributed by atoms with Crippen LogP contribution in [0.2, 0.25) is 0 Å². The summed E-state index contributed by atoms with van der Waals surface area (Å²) in [5.41, 5.74) is 5.03. The SMILES string of the molecule is CC(C)(C)C(=O)N(CCN)C(C)(C)C. The number of hydrogen-bond donors (Lipinski definition) is 1. The van der Waals surface area contributed by atoms with Crippen LogP contribution in [0.5, 0.6) is 0 Å². The van der Waals surface area contributed by atoms with Crippen LogP contribution in [0.3, 0.4) is 0 Å². The van der Waals surface area contributed by atoms with Gasteiger partial charge in [-0.1, -0.05) is 20.8 Å². The minimum atomic E-state index is -0.331. The van der Waals surface area contributed by atoms with E-state index in [1.807, 2.05) is 46.4 Å². The van der Waals surface area contributed by atoms with Gasteiger partial charge >= 0.3 is 0 Å². The molecule has 0 fully saturated rings. The third-order valence-electron chi connectivity index (χ3n) is 2.05. The van der Waals surface area contributed by atoms with E-state index < -0.39 is 0 Å². The summed E-state index contributed by atoms with van der Waals surface area (Å²) in [4.78, 5) is 13.9. The van der Waals surface area contributed by atoms with Crippen molar-refractivity contribution in [2.75, 3.05) is 13.1 Å². The Labute approximate surface area is 87.6 Å². The van der Waals surface area contributed by atoms with Crippen LogP contribution in [0.4, 0.5) is 0 Å². The van der Waals surface area contributed by atoms with Gasteiger partial charge in [-0.15, -0.1) is 0 Å². The first-order chi connectivity index (χ1) is 6.10. The predicted molar refractivity (Wildman–Crippen MR) is 60.0 cm³/mol. The van der Waals surface area contributed by atoms with E-state index >= 15 is 0 Å². The van der Waals surface area contributed by atoms with Crippen LogP contribution in [0.1, 0.15) is 41.5 Å². The molecule has 0 spiro atoms. The second-order valence-corrected chi connectivity index (χ2v) is 5.67. The Morgan fingerprint density at radius 2 is 1.57 bits per heavy atom. The van der Waals surface area contributed by atoms with Gasteiger partial charge in [-0.05, 0) is 20.8 Å². The Morgan fingerprint density at radius 1 is 1.14 bits per heavy atom. The summed E-state index contributed by atoms with van der Waals surface area (Å²) in [7, 11) is 0. The first-order valence-electron chi connectivity index (χ1n) is 5.13. The molecule has 3 heteroatoms. The zero-order valence-corrected chi connectivity index (χ0v) is 10.3. The maximum atomic E-state index is 12.1. The van der Waals surface area contributed by atoms with E-state index in [1.54, 1.807) is 0 Å². The van der Waals surface area contributed by atoms with Gasteiger partial charge in [0.05, 0.1) is 0 Å². The van der Waals surface area contributed by atoms with E-state index in [2.05, 4.69) is 0 Å². The van der Waals surface area contributed by atoms with Crippen molar-refractivity contribution in [3.8, 4) is 0 Å². The van der Waals surface area contributed by atoms with Gasteiger partial charge in [0.2, 0.25) is 5.91 Å². The Kier molecular flexibility index (Phi) is 4.13. The number of amides is 1. The highest BCUT2D eigenvalue weighted by molar-refractivity contribution is 5.82. The number of nitrogens with zero attached hydrogens (tertiary/aromatic N) is 1. The van der Waals surface area contributed by atoms with Crippen molar-refractivity contribution in [1.29, 1.82) is 0 Å². The van der Waals surface area contributed by atoms with Gasteiger partial charge in [0.1, 0.15) is 0 Å². The lowest BCUT2D eigenvalue weighted by Crippen LogP contribution is -2.51. The molecule has 0 aliphatic rings. The molecule has 14 heavy (non-hydrogen) atoms. The quantitative estimate of drug-likeness (QED) is 0.736. The fraction of sp³-hybridized carbons (Fsp3) is 0.909. The summed E-state index contributed by atoms with van der Waals surface area (Å²) in [5, 5.41) is 0. The smallest absolute Gasteiger partial charge is 0.228 e. The Balaban J connectivity index is 4.77. The van der Waals surface area contributed by atoms with Crippen molar-refractivity contribution in [2.45, 2.75) is 47.1 Å². The molecule has 0 aliphatic carbocycles. The minimum absolute atomic E-state index is 0.149. The lowest BCUT2D eigenvalue weighted by Gasteiger charge is -2.39. The van der Waals surface area contributed by atoms with E-state index in [0.717, 1.165) is 0 Å². The molecule has 0 radical (unpaired) electrons. The van der Waals surface area contributed by atoms with E-state index in [0.29, 0.717) is 13.1 Å². The summed E-state index contributed by atoms with van der Waals surface area (Å²) < 4.78 is 0. The third-order valence-corrected chi connectivity index (χ3v) is 2.05. The molecule has 0 saturated heterocycles. The molecule has 3 nitrogen and oxygen atoms in total. The highest BCUT2D eigenvalue weighted by Gasteiger charge is 2.33. The predicted octanol–water partition coefficient (Wildman–Crippen LogP) is 1.62. The molecular weight excluding hydrogens is 176 g/mol. The van der Waals surface area contributed by atoms with Crippen molar-refractivity contribution in [3.63, 3.8) is 0 Å². The fourth-order valence-corrected chi connectivity index (χ4v) is 1.28. The highest BCUT2D eigenvalue weighted by atomic mass is 16.2. The lowest BCUT2D eigenvalue weighted by atomic mass is 9.92. The molecule has 0 heterocycles. The summed E-state index contributed by atoms with van der Waals surface area (Å²) in [5.74, 6) is 0.162. The van der Waals surface area contributed by atoms with Gasteiger partial charge in [0.15, 0.2) is 0 Å². The average Bonchev–Trinajstić information content (AvgIpc) is 1.94. The zero-order valence-electron chi connectivity index (χ0n) is 10.3. The van der Waals surface area contributed by atoms with Gasteiger partial charge in [-0.25, -0.2) is 0 Å². The van der Waals surface area contributed by atoms with E-state index in [9.17, 15) is 4.79 Å². The Morgan fingerprint density at radius 3 is 1.79 bits per heavy atom. The molecule has 0 aliphatic heterocycles. The van der Waals surface area contributed by atoms with Crippen LogP contribution in [-0.4, -0.2) is 29.4 Å². The molecule has 0 aromatic rings. The van der Waals surface area contributed by atoms with Crippen LogP contribution in [0.15, 0.2) is 0 Å². The number of hydrogen-bond acceptors (Lipinski definition) is 2. The average molecular weight is 200 g/mol. The minimum Gasteiger partial charge on any atom is -0.336 e. The summed E-state index contributed by atoms with van der Waals surface area (Å²) in [6.45, 7) is 13.0. The lowest BCUT2D eigenvalue weighted by molar-refractivity contribution is -0.144. The second kappa shape index (κ2) is 4.30.